The quantitative estimate of drug-likeness (QED) is 0.0935. The molecule has 264 valence electrons. The van der Waals surface area contributed by atoms with Crippen LogP contribution in [0.25, 0.3) is 0 Å². The lowest BCUT2D eigenvalue weighted by atomic mass is 9.95. The SMILES string of the molecule is CCCn1cc(CO[C@@H]2O[C@H](CO)[C@@H](O[C@@H]3O[C@H](CO)[C@H](O)C(O[C@H]4O[C@H](CO)[C@H](O)C(O)C4O)C3O)C(O)C2NC(C)=O)nn1. The molecule has 0 saturated carbocycles. The lowest BCUT2D eigenvalue weighted by Gasteiger charge is -2.48. The van der Waals surface area contributed by atoms with E-state index in [4.69, 9.17) is 28.4 Å². The van der Waals surface area contributed by atoms with Gasteiger partial charge in [-0.3, -0.25) is 9.48 Å². The number of aliphatic hydroxyl groups excluding tert-OH is 9. The largest absolute Gasteiger partial charge is 0.394 e. The number of amides is 1. The van der Waals surface area contributed by atoms with Gasteiger partial charge in [-0.2, -0.15) is 0 Å². The number of carbonyl (C=O) groups excluding carboxylic acids is 1. The van der Waals surface area contributed by atoms with Crippen molar-refractivity contribution >= 4 is 5.91 Å². The number of hydrogen-bond donors (Lipinski definition) is 10. The van der Waals surface area contributed by atoms with Gasteiger partial charge in [0.05, 0.1) is 32.6 Å². The Morgan fingerprint density at radius 2 is 1.39 bits per heavy atom. The van der Waals surface area contributed by atoms with E-state index in [-0.39, 0.29) is 6.61 Å². The van der Waals surface area contributed by atoms with E-state index < -0.39 is 118 Å². The van der Waals surface area contributed by atoms with E-state index in [9.17, 15) is 50.8 Å². The molecule has 0 aromatic carbocycles. The van der Waals surface area contributed by atoms with Gasteiger partial charge in [-0.05, 0) is 6.42 Å². The van der Waals surface area contributed by atoms with Gasteiger partial charge < -0.3 is 79.7 Å². The first kappa shape index (κ1) is 36.8. The van der Waals surface area contributed by atoms with Gasteiger partial charge in [0, 0.05) is 13.5 Å². The monoisotopic (exact) mass is 668 g/mol. The van der Waals surface area contributed by atoms with Gasteiger partial charge in [0.2, 0.25) is 5.91 Å². The zero-order valence-electron chi connectivity index (χ0n) is 25.2. The Balaban J connectivity index is 1.50. The molecule has 3 fully saturated rings. The molecule has 3 saturated heterocycles. The smallest absolute Gasteiger partial charge is 0.217 e. The molecule has 0 spiro atoms. The highest BCUT2D eigenvalue weighted by Gasteiger charge is 2.54. The van der Waals surface area contributed by atoms with E-state index in [1.807, 2.05) is 6.92 Å². The molecule has 3 aliphatic heterocycles. The summed E-state index contributed by atoms with van der Waals surface area (Å²) in [4.78, 5) is 12.0. The summed E-state index contributed by atoms with van der Waals surface area (Å²) in [5.74, 6) is -0.568. The zero-order chi connectivity index (χ0) is 33.7. The summed E-state index contributed by atoms with van der Waals surface area (Å²) in [6, 6.07) is -1.27. The highest BCUT2D eigenvalue weighted by molar-refractivity contribution is 5.73. The normalized spacial score (nSPS) is 41.8. The summed E-state index contributed by atoms with van der Waals surface area (Å²) in [5, 5.41) is 104. The lowest BCUT2D eigenvalue weighted by molar-refractivity contribution is -0.376. The molecule has 1 amide bonds. The van der Waals surface area contributed by atoms with Gasteiger partial charge in [0.15, 0.2) is 18.9 Å². The minimum atomic E-state index is -1.92. The summed E-state index contributed by atoms with van der Waals surface area (Å²) in [7, 11) is 0. The van der Waals surface area contributed by atoms with Crippen molar-refractivity contribution in [1.29, 1.82) is 0 Å². The maximum absolute atomic E-state index is 12.0. The molecule has 6 unspecified atom stereocenters. The highest BCUT2D eigenvalue weighted by Crippen LogP contribution is 2.33. The molecule has 4 heterocycles. The van der Waals surface area contributed by atoms with Crippen LogP contribution in [0.3, 0.4) is 0 Å². The van der Waals surface area contributed by atoms with Gasteiger partial charge in [-0.1, -0.05) is 12.1 Å². The van der Waals surface area contributed by atoms with Crippen LogP contribution in [0.4, 0.5) is 0 Å². The number of carbonyl (C=O) groups is 1. The van der Waals surface area contributed by atoms with Crippen LogP contribution in [0, 0.1) is 0 Å². The molecule has 10 N–H and O–H groups in total. The topological polar surface area (TPSA) is 297 Å². The lowest BCUT2D eigenvalue weighted by Crippen LogP contribution is -2.68. The second-order valence-corrected chi connectivity index (χ2v) is 11.3. The Bertz CT molecular complexity index is 1100. The van der Waals surface area contributed by atoms with E-state index in [2.05, 4.69) is 15.6 Å². The van der Waals surface area contributed by atoms with Crippen molar-refractivity contribution in [2.45, 2.75) is 125 Å². The van der Waals surface area contributed by atoms with Gasteiger partial charge in [-0.15, -0.1) is 5.10 Å². The van der Waals surface area contributed by atoms with E-state index in [1.54, 1.807) is 10.9 Å². The molecular weight excluding hydrogens is 624 g/mol. The fraction of sp³-hybridized carbons (Fsp3) is 0.885. The summed E-state index contributed by atoms with van der Waals surface area (Å²) >= 11 is 0. The Labute approximate surface area is 263 Å². The fourth-order valence-electron chi connectivity index (χ4n) is 5.49. The number of nitrogens with zero attached hydrogens (tertiary/aromatic N) is 3. The molecule has 3 aliphatic rings. The number of aliphatic hydroxyl groups is 9. The van der Waals surface area contributed by atoms with Crippen LogP contribution in [0.5, 0.6) is 0 Å². The van der Waals surface area contributed by atoms with Crippen molar-refractivity contribution in [2.24, 2.45) is 0 Å². The van der Waals surface area contributed by atoms with E-state index >= 15 is 0 Å². The Hall–Kier alpha value is -1.99. The third kappa shape index (κ3) is 8.17. The minimum absolute atomic E-state index is 0.127. The highest BCUT2D eigenvalue weighted by atomic mass is 16.8. The summed E-state index contributed by atoms with van der Waals surface area (Å²) < 4.78 is 35.5. The van der Waals surface area contributed by atoms with Crippen molar-refractivity contribution in [3.8, 4) is 0 Å². The molecule has 4 rings (SSSR count). The van der Waals surface area contributed by atoms with E-state index in [0.717, 1.165) is 6.42 Å². The fourth-order valence-corrected chi connectivity index (χ4v) is 5.49. The number of aromatic nitrogens is 3. The molecule has 1 aromatic heterocycles. The maximum atomic E-state index is 12.0. The number of rotatable bonds is 13. The molecule has 1 aromatic rings. The third-order valence-electron chi connectivity index (χ3n) is 7.91. The molecule has 0 radical (unpaired) electrons. The summed E-state index contributed by atoms with van der Waals surface area (Å²) in [5.41, 5.74) is 0.435. The molecule has 0 aliphatic carbocycles. The van der Waals surface area contributed by atoms with Crippen LogP contribution < -0.4 is 5.32 Å². The Morgan fingerprint density at radius 3 is 2.00 bits per heavy atom. The third-order valence-corrected chi connectivity index (χ3v) is 7.91. The molecular formula is C26H44N4O16. The van der Waals surface area contributed by atoms with Gasteiger partial charge in [-0.25, -0.2) is 0 Å². The van der Waals surface area contributed by atoms with Crippen molar-refractivity contribution in [1.82, 2.24) is 20.3 Å². The number of nitrogens with one attached hydrogen (secondary N) is 1. The van der Waals surface area contributed by atoms with Crippen LogP contribution in [-0.4, -0.2) is 179 Å². The van der Waals surface area contributed by atoms with Crippen LogP contribution in [-0.2, 0) is 46.4 Å². The standard InChI is InChI=1S/C26H44N4O16/c1-3-4-30-5-11(28-29-30)9-41-24-15(27-10(2)34)18(37)22(14(8-33)44-24)45-26-21(40)23(17(36)13(7-32)43-26)46-25-20(39)19(38)16(35)12(6-31)42-25/h5,12-26,31-33,35-40H,3-4,6-9H2,1-2H3,(H,27,34)/t12-,13-,14-,15?,16+,17+,18?,19?,20?,21?,22-,23?,24-,25-,26+/m1/s1. The van der Waals surface area contributed by atoms with Crippen molar-refractivity contribution < 1.29 is 79.2 Å². The molecule has 20 heteroatoms. The first-order chi connectivity index (χ1) is 21.9. The molecule has 15 atom stereocenters. The van der Waals surface area contributed by atoms with Crippen LogP contribution in [0.2, 0.25) is 0 Å². The minimum Gasteiger partial charge on any atom is -0.394 e. The van der Waals surface area contributed by atoms with Gasteiger partial charge in [0.1, 0.15) is 78.9 Å². The van der Waals surface area contributed by atoms with Crippen LogP contribution >= 0.6 is 0 Å². The second-order valence-electron chi connectivity index (χ2n) is 11.3. The average molecular weight is 669 g/mol. The van der Waals surface area contributed by atoms with Crippen molar-refractivity contribution in [2.75, 3.05) is 19.8 Å². The van der Waals surface area contributed by atoms with Crippen LogP contribution in [0.15, 0.2) is 6.20 Å². The zero-order valence-corrected chi connectivity index (χ0v) is 25.2. The molecule has 46 heavy (non-hydrogen) atoms. The first-order valence-electron chi connectivity index (χ1n) is 14.9. The first-order valence-corrected chi connectivity index (χ1v) is 14.9. The van der Waals surface area contributed by atoms with E-state index in [0.29, 0.717) is 12.2 Å². The average Bonchev–Trinajstić information content (AvgIpc) is 3.48. The van der Waals surface area contributed by atoms with E-state index in [1.165, 1.54) is 6.92 Å². The second kappa shape index (κ2) is 16.4. The van der Waals surface area contributed by atoms with Crippen molar-refractivity contribution in [3.05, 3.63) is 11.9 Å². The van der Waals surface area contributed by atoms with Gasteiger partial charge in [0.25, 0.3) is 0 Å². The summed E-state index contributed by atoms with van der Waals surface area (Å²) in [6.07, 6.45) is -20.5. The van der Waals surface area contributed by atoms with Gasteiger partial charge >= 0.3 is 0 Å². The van der Waals surface area contributed by atoms with Crippen LogP contribution in [0.1, 0.15) is 26.0 Å². The predicted octanol–water partition coefficient (Wildman–Crippen LogP) is -6.20. The number of hydrogen-bond acceptors (Lipinski definition) is 18. The Morgan fingerprint density at radius 1 is 0.804 bits per heavy atom. The number of aryl methyl sites for hydroxylation is 1. The Kier molecular flexibility index (Phi) is 13.1. The summed E-state index contributed by atoms with van der Waals surface area (Å²) in [6.45, 7) is 1.34. The molecule has 0 bridgehead atoms. The van der Waals surface area contributed by atoms with Crippen molar-refractivity contribution in [3.63, 3.8) is 0 Å². The maximum Gasteiger partial charge on any atom is 0.217 e. The number of ether oxygens (including phenoxy) is 6. The predicted molar refractivity (Wildman–Crippen MR) is 146 cm³/mol. The molecule has 20 nitrogen and oxygen atoms in total.